The summed E-state index contributed by atoms with van der Waals surface area (Å²) in [7, 11) is 1.65. The number of benzene rings is 1. The fourth-order valence-electron chi connectivity index (χ4n) is 1.73. The molecule has 0 aliphatic heterocycles. The van der Waals surface area contributed by atoms with E-state index in [2.05, 4.69) is 54.0 Å². The van der Waals surface area contributed by atoms with Crippen molar-refractivity contribution in [3.8, 4) is 23.8 Å². The summed E-state index contributed by atoms with van der Waals surface area (Å²) in [6.45, 7) is 7.78. The Morgan fingerprint density at radius 2 is 2.05 bits per heavy atom. The van der Waals surface area contributed by atoms with Gasteiger partial charge in [-0.25, -0.2) is 0 Å². The smallest absolute Gasteiger partial charge is 0.175 e. The fraction of sp³-hybridized carbons (Fsp3) is 0.529. The number of nitrogens with one attached hydrogen (secondary N) is 1. The summed E-state index contributed by atoms with van der Waals surface area (Å²) in [5.74, 6) is 4.07. The summed E-state index contributed by atoms with van der Waals surface area (Å²) in [6, 6.07) is 4.05. The maximum atomic E-state index is 5.77. The Bertz CT molecular complexity index is 501. The Kier molecular flexibility index (Phi) is 7.07. The average Bonchev–Trinajstić information content (AvgIpc) is 2.41. The van der Waals surface area contributed by atoms with Crippen molar-refractivity contribution in [2.24, 2.45) is 0 Å². The van der Waals surface area contributed by atoms with Gasteiger partial charge in [-0.1, -0.05) is 0 Å². The highest BCUT2D eigenvalue weighted by molar-refractivity contribution is 9.10. The van der Waals surface area contributed by atoms with Crippen LogP contribution in [0, 0.1) is 12.3 Å². The van der Waals surface area contributed by atoms with E-state index in [1.807, 2.05) is 6.07 Å². The maximum Gasteiger partial charge on any atom is 0.175 e. The van der Waals surface area contributed by atoms with E-state index in [-0.39, 0.29) is 5.54 Å². The van der Waals surface area contributed by atoms with E-state index in [4.69, 9.17) is 15.9 Å². The Balaban J connectivity index is 2.79. The first-order chi connectivity index (χ1) is 9.87. The van der Waals surface area contributed by atoms with Crippen LogP contribution in [0.2, 0.25) is 0 Å². The van der Waals surface area contributed by atoms with Crippen LogP contribution in [0.5, 0.6) is 11.5 Å². The lowest BCUT2D eigenvalue weighted by molar-refractivity contribution is 0.288. The number of terminal acetylenes is 1. The molecular formula is C17H24BrNO2. The third kappa shape index (κ3) is 6.41. The second-order valence-electron chi connectivity index (χ2n) is 5.87. The Hall–Kier alpha value is -1.18. The van der Waals surface area contributed by atoms with Crippen LogP contribution in [0.1, 0.15) is 39.2 Å². The van der Waals surface area contributed by atoms with Gasteiger partial charge in [0.2, 0.25) is 0 Å². The normalized spacial score (nSPS) is 11.0. The zero-order valence-corrected chi connectivity index (χ0v) is 14.8. The van der Waals surface area contributed by atoms with Gasteiger partial charge in [-0.2, -0.15) is 0 Å². The number of rotatable bonds is 7. The van der Waals surface area contributed by atoms with Gasteiger partial charge in [0.15, 0.2) is 11.5 Å². The predicted molar refractivity (Wildman–Crippen MR) is 90.8 cm³/mol. The Labute approximate surface area is 136 Å². The fourth-order valence-corrected chi connectivity index (χ4v) is 2.33. The second-order valence-corrected chi connectivity index (χ2v) is 6.72. The third-order valence-corrected chi connectivity index (χ3v) is 3.41. The highest BCUT2D eigenvalue weighted by atomic mass is 79.9. The van der Waals surface area contributed by atoms with Crippen molar-refractivity contribution in [1.82, 2.24) is 5.32 Å². The van der Waals surface area contributed by atoms with E-state index in [1.165, 1.54) is 0 Å². The molecule has 0 spiro atoms. The van der Waals surface area contributed by atoms with Gasteiger partial charge >= 0.3 is 0 Å². The van der Waals surface area contributed by atoms with Gasteiger partial charge in [-0.3, -0.25) is 0 Å². The SMILES string of the molecule is C#CCCCOc1c(Br)cc(CNC(C)(C)C)cc1OC. The molecule has 1 aromatic rings. The molecule has 0 radical (unpaired) electrons. The molecule has 21 heavy (non-hydrogen) atoms. The van der Waals surface area contributed by atoms with Gasteiger partial charge in [0.1, 0.15) is 0 Å². The van der Waals surface area contributed by atoms with Crippen molar-refractivity contribution >= 4 is 15.9 Å². The van der Waals surface area contributed by atoms with Gasteiger partial charge in [0, 0.05) is 18.5 Å². The van der Waals surface area contributed by atoms with E-state index in [0.29, 0.717) is 13.0 Å². The molecule has 0 fully saturated rings. The number of halogens is 1. The Morgan fingerprint density at radius 1 is 1.33 bits per heavy atom. The highest BCUT2D eigenvalue weighted by Crippen LogP contribution is 2.36. The molecule has 1 N–H and O–H groups in total. The van der Waals surface area contributed by atoms with Crippen LogP contribution in [0.3, 0.4) is 0 Å². The van der Waals surface area contributed by atoms with E-state index in [0.717, 1.165) is 34.5 Å². The molecule has 1 aromatic carbocycles. The lowest BCUT2D eigenvalue weighted by Gasteiger charge is -2.21. The van der Waals surface area contributed by atoms with E-state index in [9.17, 15) is 0 Å². The van der Waals surface area contributed by atoms with Gasteiger partial charge in [-0.05, 0) is 60.8 Å². The summed E-state index contributed by atoms with van der Waals surface area (Å²) in [5.41, 5.74) is 1.22. The van der Waals surface area contributed by atoms with Crippen LogP contribution < -0.4 is 14.8 Å². The summed E-state index contributed by atoms with van der Waals surface area (Å²) < 4.78 is 12.1. The number of ether oxygens (including phenoxy) is 2. The first-order valence-electron chi connectivity index (χ1n) is 7.05. The van der Waals surface area contributed by atoms with Gasteiger partial charge in [-0.15, -0.1) is 12.3 Å². The van der Waals surface area contributed by atoms with Crippen LogP contribution in [-0.4, -0.2) is 19.3 Å². The molecule has 0 amide bonds. The van der Waals surface area contributed by atoms with Crippen molar-refractivity contribution in [1.29, 1.82) is 0 Å². The molecule has 116 valence electrons. The van der Waals surface area contributed by atoms with Crippen molar-refractivity contribution in [2.75, 3.05) is 13.7 Å². The molecule has 4 heteroatoms. The monoisotopic (exact) mass is 353 g/mol. The third-order valence-electron chi connectivity index (χ3n) is 2.82. The van der Waals surface area contributed by atoms with Crippen LogP contribution in [0.25, 0.3) is 0 Å². The molecule has 0 saturated heterocycles. The highest BCUT2D eigenvalue weighted by Gasteiger charge is 2.14. The number of hydrogen-bond donors (Lipinski definition) is 1. The lowest BCUT2D eigenvalue weighted by atomic mass is 10.1. The predicted octanol–water partition coefficient (Wildman–Crippen LogP) is 4.14. The molecule has 1 rings (SSSR count). The second kappa shape index (κ2) is 8.31. The molecule has 3 nitrogen and oxygen atoms in total. The maximum absolute atomic E-state index is 5.77. The molecule has 0 aromatic heterocycles. The van der Waals surface area contributed by atoms with Crippen LogP contribution >= 0.6 is 15.9 Å². The van der Waals surface area contributed by atoms with Crippen LogP contribution in [-0.2, 0) is 6.54 Å². The first kappa shape index (κ1) is 17.9. The molecule has 0 bridgehead atoms. The van der Waals surface area contributed by atoms with Crippen molar-refractivity contribution in [2.45, 2.75) is 45.7 Å². The van der Waals surface area contributed by atoms with E-state index < -0.39 is 0 Å². The molecule has 0 aliphatic rings. The largest absolute Gasteiger partial charge is 0.493 e. The van der Waals surface area contributed by atoms with Gasteiger partial charge in [0.05, 0.1) is 18.2 Å². The average molecular weight is 354 g/mol. The molecule has 0 aliphatic carbocycles. The molecular weight excluding hydrogens is 330 g/mol. The first-order valence-corrected chi connectivity index (χ1v) is 7.84. The minimum absolute atomic E-state index is 0.0735. The Morgan fingerprint density at radius 3 is 2.62 bits per heavy atom. The van der Waals surface area contributed by atoms with E-state index >= 15 is 0 Å². The van der Waals surface area contributed by atoms with Crippen LogP contribution in [0.4, 0.5) is 0 Å². The van der Waals surface area contributed by atoms with E-state index in [1.54, 1.807) is 7.11 Å². The quantitative estimate of drug-likeness (QED) is 0.590. The number of hydrogen-bond acceptors (Lipinski definition) is 3. The van der Waals surface area contributed by atoms with Gasteiger partial charge < -0.3 is 14.8 Å². The topological polar surface area (TPSA) is 30.5 Å². The summed E-state index contributed by atoms with van der Waals surface area (Å²) >= 11 is 3.56. The zero-order chi connectivity index (χ0) is 15.9. The molecule has 0 unspecified atom stereocenters. The standard InChI is InChI=1S/C17H24BrNO2/c1-6-7-8-9-21-16-14(18)10-13(11-15(16)20-5)12-19-17(2,3)4/h1,10-11,19H,7-9,12H2,2-5H3. The zero-order valence-electron chi connectivity index (χ0n) is 13.3. The van der Waals surface area contributed by atoms with Crippen molar-refractivity contribution in [3.05, 3.63) is 22.2 Å². The molecule has 0 saturated carbocycles. The summed E-state index contributed by atoms with van der Waals surface area (Å²) in [5, 5.41) is 3.46. The van der Waals surface area contributed by atoms with Crippen molar-refractivity contribution in [3.63, 3.8) is 0 Å². The lowest BCUT2D eigenvalue weighted by Crippen LogP contribution is -2.35. The molecule has 0 heterocycles. The minimum atomic E-state index is 0.0735. The molecule has 0 atom stereocenters. The van der Waals surface area contributed by atoms with Crippen molar-refractivity contribution < 1.29 is 9.47 Å². The minimum Gasteiger partial charge on any atom is -0.493 e. The number of unbranched alkanes of at least 4 members (excludes halogenated alkanes) is 1. The number of methoxy groups -OCH3 is 1. The van der Waals surface area contributed by atoms with Gasteiger partial charge in [0.25, 0.3) is 0 Å². The summed E-state index contributed by atoms with van der Waals surface area (Å²) in [6.07, 6.45) is 6.78. The summed E-state index contributed by atoms with van der Waals surface area (Å²) in [4.78, 5) is 0. The van der Waals surface area contributed by atoms with Crippen LogP contribution in [0.15, 0.2) is 16.6 Å².